The maximum atomic E-state index is 9.94. The van der Waals surface area contributed by atoms with Gasteiger partial charge in [-0.2, -0.15) is 0 Å². The topological polar surface area (TPSA) is 26.3 Å². The minimum atomic E-state index is 0. The van der Waals surface area contributed by atoms with Gasteiger partial charge in [0.2, 0.25) is 0 Å². The quantitative estimate of drug-likeness (QED) is 0.610. The van der Waals surface area contributed by atoms with Gasteiger partial charge in [-0.25, -0.2) is 0 Å². The Morgan fingerprint density at radius 3 is 2.54 bits per heavy atom. The van der Waals surface area contributed by atoms with Crippen LogP contribution in [-0.2, 0) is 16.1 Å². The summed E-state index contributed by atoms with van der Waals surface area (Å²) in [5.74, 6) is 0. The minimum absolute atomic E-state index is 0. The summed E-state index contributed by atoms with van der Waals surface area (Å²) < 4.78 is 5.23. The smallest absolute Gasteiger partial charge is 0.122 e. The van der Waals surface area contributed by atoms with Crippen LogP contribution in [0.25, 0.3) is 0 Å². The molecule has 0 fully saturated rings. The Kier molecular flexibility index (Phi) is 8.88. The summed E-state index contributed by atoms with van der Waals surface area (Å²) in [5.41, 5.74) is 1.14. The number of rotatable bonds is 5. The number of carbonyl (C=O) groups excluding carboxylic acids is 1. The average molecular weight is 321 g/mol. The molecule has 1 rings (SSSR count). The number of hydrogen-bond donors (Lipinski definition) is 0. The molecule has 0 aliphatic carbocycles. The molecular weight excluding hydrogens is 309 g/mol. The van der Waals surface area contributed by atoms with E-state index in [0.717, 1.165) is 11.8 Å². The molecule has 0 aromatic heterocycles. The van der Waals surface area contributed by atoms with Gasteiger partial charge in [0.05, 0.1) is 13.2 Å². The molecule has 13 heavy (non-hydrogen) atoms. The van der Waals surface area contributed by atoms with Crippen molar-refractivity contribution in [3.63, 3.8) is 0 Å². The predicted octanol–water partition coefficient (Wildman–Crippen LogP) is 1.79. The minimum Gasteiger partial charge on any atom is -0.376 e. The molecule has 3 heteroatoms. The van der Waals surface area contributed by atoms with Crippen LogP contribution in [0.4, 0.5) is 0 Å². The summed E-state index contributed by atoms with van der Waals surface area (Å²) >= 11 is 0. The van der Waals surface area contributed by atoms with Crippen LogP contribution in [0.2, 0.25) is 0 Å². The summed E-state index contributed by atoms with van der Waals surface area (Å²) in [7, 11) is 0. The van der Waals surface area contributed by atoms with E-state index >= 15 is 0 Å². The van der Waals surface area contributed by atoms with Crippen molar-refractivity contribution < 1.29 is 49.5 Å². The molecule has 0 spiro atoms. The second-order valence-corrected chi connectivity index (χ2v) is 2.49. The maximum Gasteiger partial charge on any atom is 0.122 e. The molecule has 0 bridgehead atoms. The van der Waals surface area contributed by atoms with Gasteiger partial charge in [0.1, 0.15) is 6.29 Å². The van der Waals surface area contributed by atoms with Crippen molar-refractivity contribution in [2.45, 2.75) is 13.0 Å². The molecule has 0 aliphatic heterocycles. The SMILES string of the molecule is O=CCCOCc1ccccc1.[Gd]. The van der Waals surface area contributed by atoms with Crippen molar-refractivity contribution >= 4 is 6.29 Å². The van der Waals surface area contributed by atoms with Crippen LogP contribution in [0, 0.1) is 39.9 Å². The van der Waals surface area contributed by atoms with Crippen LogP contribution in [0.1, 0.15) is 12.0 Å². The molecule has 0 unspecified atom stereocenters. The fourth-order valence-electron chi connectivity index (χ4n) is 0.896. The Labute approximate surface area is 110 Å². The van der Waals surface area contributed by atoms with Gasteiger partial charge < -0.3 is 9.53 Å². The fourth-order valence-corrected chi connectivity index (χ4v) is 0.896. The van der Waals surface area contributed by atoms with E-state index in [4.69, 9.17) is 4.74 Å². The molecule has 0 aliphatic rings. The number of carbonyl (C=O) groups is 1. The number of ether oxygens (including phenoxy) is 1. The molecule has 0 atom stereocenters. The molecular formula is C10H12GdO2. The second-order valence-electron chi connectivity index (χ2n) is 2.49. The zero-order valence-corrected chi connectivity index (χ0v) is 9.52. The zero-order chi connectivity index (χ0) is 8.65. The van der Waals surface area contributed by atoms with Gasteiger partial charge in [0.25, 0.3) is 0 Å². The second kappa shape index (κ2) is 8.76. The third kappa shape index (κ3) is 6.27. The van der Waals surface area contributed by atoms with Crippen LogP contribution in [0.15, 0.2) is 30.3 Å². The number of hydrogen-bond acceptors (Lipinski definition) is 2. The third-order valence-corrected chi connectivity index (χ3v) is 1.49. The van der Waals surface area contributed by atoms with Gasteiger partial charge in [-0.3, -0.25) is 0 Å². The van der Waals surface area contributed by atoms with E-state index in [9.17, 15) is 4.79 Å². The van der Waals surface area contributed by atoms with Crippen LogP contribution >= 0.6 is 0 Å². The number of aldehydes is 1. The fraction of sp³-hybridized carbons (Fsp3) is 0.300. The van der Waals surface area contributed by atoms with Crippen LogP contribution < -0.4 is 0 Å². The van der Waals surface area contributed by atoms with Crippen molar-refractivity contribution in [3.05, 3.63) is 35.9 Å². The maximum absolute atomic E-state index is 9.94. The molecule has 1 aromatic rings. The summed E-state index contributed by atoms with van der Waals surface area (Å²) in [6, 6.07) is 9.91. The van der Waals surface area contributed by atoms with Crippen molar-refractivity contribution in [3.8, 4) is 0 Å². The molecule has 0 amide bonds. The van der Waals surface area contributed by atoms with E-state index in [1.807, 2.05) is 30.3 Å². The first kappa shape index (κ1) is 13.2. The van der Waals surface area contributed by atoms with E-state index in [1.165, 1.54) is 0 Å². The van der Waals surface area contributed by atoms with Crippen LogP contribution in [0.3, 0.4) is 0 Å². The Morgan fingerprint density at radius 1 is 1.23 bits per heavy atom. The molecule has 0 N–H and O–H groups in total. The largest absolute Gasteiger partial charge is 0.376 e. The van der Waals surface area contributed by atoms with E-state index in [-0.39, 0.29) is 39.9 Å². The first-order chi connectivity index (χ1) is 5.93. The van der Waals surface area contributed by atoms with Gasteiger partial charge >= 0.3 is 0 Å². The molecule has 0 heterocycles. The zero-order valence-electron chi connectivity index (χ0n) is 7.26. The van der Waals surface area contributed by atoms with E-state index in [2.05, 4.69) is 0 Å². The van der Waals surface area contributed by atoms with Gasteiger partial charge in [0, 0.05) is 46.4 Å². The molecule has 0 radical (unpaired) electrons. The van der Waals surface area contributed by atoms with Crippen molar-refractivity contribution in [2.24, 2.45) is 0 Å². The van der Waals surface area contributed by atoms with E-state index < -0.39 is 0 Å². The summed E-state index contributed by atoms with van der Waals surface area (Å²) in [6.45, 7) is 1.10. The summed E-state index contributed by atoms with van der Waals surface area (Å²) in [4.78, 5) is 9.94. The standard InChI is InChI=1S/C10H12O2.Gd/c11-7-4-8-12-9-10-5-2-1-3-6-10;/h1-3,5-7H,4,8-9H2;. The van der Waals surface area contributed by atoms with E-state index in [0.29, 0.717) is 19.6 Å². The molecule has 72 valence electrons. The first-order valence-electron chi connectivity index (χ1n) is 3.99. The normalized spacial score (nSPS) is 8.92. The Balaban J connectivity index is 0.00000144. The van der Waals surface area contributed by atoms with Crippen molar-refractivity contribution in [2.75, 3.05) is 6.61 Å². The van der Waals surface area contributed by atoms with Crippen molar-refractivity contribution in [1.82, 2.24) is 0 Å². The third-order valence-electron chi connectivity index (χ3n) is 1.49. The summed E-state index contributed by atoms with van der Waals surface area (Å²) in [6.07, 6.45) is 1.35. The van der Waals surface area contributed by atoms with E-state index in [1.54, 1.807) is 0 Å². The van der Waals surface area contributed by atoms with Gasteiger partial charge in [-0.05, 0) is 5.56 Å². The van der Waals surface area contributed by atoms with Crippen LogP contribution in [-0.4, -0.2) is 12.9 Å². The monoisotopic (exact) mass is 322 g/mol. The van der Waals surface area contributed by atoms with Crippen molar-refractivity contribution in [1.29, 1.82) is 0 Å². The van der Waals surface area contributed by atoms with Gasteiger partial charge in [-0.15, -0.1) is 0 Å². The average Bonchev–Trinajstić information content (AvgIpc) is 2.14. The Hall–Kier alpha value is 0.175. The Morgan fingerprint density at radius 2 is 1.92 bits per heavy atom. The summed E-state index contributed by atoms with van der Waals surface area (Å²) in [5, 5.41) is 0. The molecule has 0 saturated heterocycles. The van der Waals surface area contributed by atoms with Gasteiger partial charge in [0.15, 0.2) is 0 Å². The molecule has 0 saturated carbocycles. The Bertz CT molecular complexity index is 224. The molecule has 1 aromatic carbocycles. The van der Waals surface area contributed by atoms with Crippen LogP contribution in [0.5, 0.6) is 0 Å². The number of benzene rings is 1. The van der Waals surface area contributed by atoms with Gasteiger partial charge in [-0.1, -0.05) is 30.3 Å². The predicted molar refractivity (Wildman–Crippen MR) is 46.8 cm³/mol. The molecule has 2 nitrogen and oxygen atoms in total. The first-order valence-corrected chi connectivity index (χ1v) is 3.99.